The van der Waals surface area contributed by atoms with Crippen molar-refractivity contribution in [1.82, 2.24) is 0 Å². The fourth-order valence-electron chi connectivity index (χ4n) is 2.78. The van der Waals surface area contributed by atoms with Gasteiger partial charge in [-0.05, 0) is 41.8 Å². The van der Waals surface area contributed by atoms with Crippen LogP contribution in [0.15, 0.2) is 42.5 Å². The molecule has 0 saturated carbocycles. The third kappa shape index (κ3) is 3.21. The molecule has 1 aliphatic heterocycles. The highest BCUT2D eigenvalue weighted by molar-refractivity contribution is 5.96. The van der Waals surface area contributed by atoms with E-state index in [9.17, 15) is 22.4 Å². The molecule has 2 aromatic carbocycles. The quantitative estimate of drug-likeness (QED) is 0.766. The molecule has 23 heavy (non-hydrogen) atoms. The van der Waals surface area contributed by atoms with E-state index in [-0.39, 0.29) is 17.9 Å². The Morgan fingerprint density at radius 1 is 1.13 bits per heavy atom. The van der Waals surface area contributed by atoms with E-state index in [1.807, 2.05) is 12.1 Å². The molecule has 0 bridgehead atoms. The number of hydrogen-bond acceptors (Lipinski definition) is 1. The van der Waals surface area contributed by atoms with Gasteiger partial charge in [-0.3, -0.25) is 4.79 Å². The smallest absolute Gasteiger partial charge is 0.312 e. The summed E-state index contributed by atoms with van der Waals surface area (Å²) in [6.45, 7) is 0.486. The summed E-state index contributed by atoms with van der Waals surface area (Å²) in [7, 11) is 0. The van der Waals surface area contributed by atoms with E-state index < -0.39 is 17.6 Å². The van der Waals surface area contributed by atoms with E-state index in [0.29, 0.717) is 19.0 Å². The van der Waals surface area contributed by atoms with Crippen LogP contribution in [-0.4, -0.2) is 12.5 Å². The fourth-order valence-corrected chi connectivity index (χ4v) is 2.78. The molecule has 0 saturated heterocycles. The average molecular weight is 323 g/mol. The van der Waals surface area contributed by atoms with Gasteiger partial charge in [0.05, 0.1) is 12.0 Å². The van der Waals surface area contributed by atoms with Gasteiger partial charge >= 0.3 is 6.18 Å². The van der Waals surface area contributed by atoms with Crippen molar-refractivity contribution in [3.05, 3.63) is 65.0 Å². The number of nitrogens with zero attached hydrogens (tertiary/aromatic N) is 1. The molecule has 0 spiro atoms. The summed E-state index contributed by atoms with van der Waals surface area (Å²) in [4.78, 5) is 13.9. The highest BCUT2D eigenvalue weighted by Crippen LogP contribution is 2.31. The predicted molar refractivity (Wildman–Crippen MR) is 77.6 cm³/mol. The summed E-state index contributed by atoms with van der Waals surface area (Å²) in [6, 6.07) is 9.60. The molecular formula is C17H13F4NO. The maximum absolute atomic E-state index is 13.4. The second-order valence-corrected chi connectivity index (χ2v) is 5.45. The summed E-state index contributed by atoms with van der Waals surface area (Å²) < 4.78 is 51.6. The van der Waals surface area contributed by atoms with Crippen LogP contribution in [-0.2, 0) is 23.8 Å². The molecule has 0 unspecified atom stereocenters. The van der Waals surface area contributed by atoms with Gasteiger partial charge < -0.3 is 4.90 Å². The minimum Gasteiger partial charge on any atom is -0.312 e. The first-order valence-corrected chi connectivity index (χ1v) is 7.09. The van der Waals surface area contributed by atoms with Crippen molar-refractivity contribution in [2.75, 3.05) is 11.4 Å². The number of para-hydroxylation sites is 1. The minimum absolute atomic E-state index is 0.0201. The Bertz CT molecular complexity index is 754. The van der Waals surface area contributed by atoms with Crippen LogP contribution in [0, 0.1) is 5.82 Å². The maximum Gasteiger partial charge on any atom is 0.416 e. The molecule has 0 atom stereocenters. The third-order valence-electron chi connectivity index (χ3n) is 3.83. The van der Waals surface area contributed by atoms with Crippen LogP contribution in [0.3, 0.4) is 0 Å². The lowest BCUT2D eigenvalue weighted by molar-refractivity contribution is -0.137. The van der Waals surface area contributed by atoms with Crippen LogP contribution in [0.5, 0.6) is 0 Å². The van der Waals surface area contributed by atoms with Crippen molar-refractivity contribution in [2.45, 2.75) is 19.0 Å². The maximum atomic E-state index is 13.4. The van der Waals surface area contributed by atoms with Gasteiger partial charge in [-0.2, -0.15) is 13.2 Å². The van der Waals surface area contributed by atoms with Gasteiger partial charge in [0.15, 0.2) is 0 Å². The first-order chi connectivity index (χ1) is 10.8. The Labute approximate surface area is 130 Å². The van der Waals surface area contributed by atoms with E-state index in [4.69, 9.17) is 0 Å². The van der Waals surface area contributed by atoms with E-state index in [0.717, 1.165) is 23.4 Å². The van der Waals surface area contributed by atoms with Gasteiger partial charge in [-0.15, -0.1) is 0 Å². The fraction of sp³-hybridized carbons (Fsp3) is 0.235. The summed E-state index contributed by atoms with van der Waals surface area (Å²) in [6.07, 6.45) is -4.20. The highest BCUT2D eigenvalue weighted by atomic mass is 19.4. The zero-order valence-corrected chi connectivity index (χ0v) is 12.0. The van der Waals surface area contributed by atoms with Gasteiger partial charge in [-0.1, -0.05) is 18.2 Å². The topological polar surface area (TPSA) is 20.3 Å². The molecule has 120 valence electrons. The summed E-state index contributed by atoms with van der Waals surface area (Å²) in [5, 5.41) is 0. The number of hydrogen-bond donors (Lipinski definition) is 0. The van der Waals surface area contributed by atoms with Crippen molar-refractivity contribution in [2.24, 2.45) is 0 Å². The van der Waals surface area contributed by atoms with Crippen LogP contribution in [0.4, 0.5) is 23.2 Å². The van der Waals surface area contributed by atoms with Crippen LogP contribution < -0.4 is 4.90 Å². The molecule has 0 aliphatic carbocycles. The molecule has 0 aromatic heterocycles. The van der Waals surface area contributed by atoms with Crippen molar-refractivity contribution in [3.63, 3.8) is 0 Å². The molecule has 2 nitrogen and oxygen atoms in total. The van der Waals surface area contributed by atoms with E-state index in [1.165, 1.54) is 4.90 Å². The number of amides is 1. The van der Waals surface area contributed by atoms with Gasteiger partial charge in [0.1, 0.15) is 5.82 Å². The zero-order valence-electron chi connectivity index (χ0n) is 12.0. The Balaban J connectivity index is 1.83. The number of alkyl halides is 3. The lowest BCUT2D eigenvalue weighted by Crippen LogP contribution is -2.30. The number of benzene rings is 2. The number of halogens is 4. The second kappa shape index (κ2) is 5.68. The Morgan fingerprint density at radius 2 is 1.87 bits per heavy atom. The van der Waals surface area contributed by atoms with Gasteiger partial charge in [0.25, 0.3) is 0 Å². The molecule has 3 rings (SSSR count). The molecule has 1 amide bonds. The summed E-state index contributed by atoms with van der Waals surface area (Å²) in [5.74, 6) is -1.34. The highest BCUT2D eigenvalue weighted by Gasteiger charge is 2.32. The SMILES string of the molecule is O=C(Cc1cc(F)cc(C(F)(F)F)c1)N1CCc2ccccc21. The molecule has 0 fully saturated rings. The Morgan fingerprint density at radius 3 is 2.61 bits per heavy atom. The number of anilines is 1. The lowest BCUT2D eigenvalue weighted by Gasteiger charge is -2.18. The standard InChI is InChI=1S/C17H13F4NO/c18-14-8-11(7-13(10-14)17(19,20)21)9-16(23)22-6-5-12-3-1-2-4-15(12)22/h1-4,7-8,10H,5-6,9H2. The molecule has 0 N–H and O–H groups in total. The van der Waals surface area contributed by atoms with Crippen LogP contribution in [0.25, 0.3) is 0 Å². The molecule has 1 heterocycles. The largest absolute Gasteiger partial charge is 0.416 e. The predicted octanol–water partition coefficient (Wildman–Crippen LogP) is 3.98. The van der Waals surface area contributed by atoms with Gasteiger partial charge in [0, 0.05) is 12.2 Å². The van der Waals surface area contributed by atoms with Gasteiger partial charge in [-0.25, -0.2) is 4.39 Å². The van der Waals surface area contributed by atoms with Crippen molar-refractivity contribution < 1.29 is 22.4 Å². The number of carbonyl (C=O) groups is 1. The summed E-state index contributed by atoms with van der Waals surface area (Å²) in [5.41, 5.74) is 0.731. The van der Waals surface area contributed by atoms with Crippen molar-refractivity contribution >= 4 is 11.6 Å². The van der Waals surface area contributed by atoms with Crippen LogP contribution >= 0.6 is 0 Å². The number of rotatable bonds is 2. The van der Waals surface area contributed by atoms with E-state index >= 15 is 0 Å². The van der Waals surface area contributed by atoms with E-state index in [2.05, 4.69) is 0 Å². The second-order valence-electron chi connectivity index (χ2n) is 5.45. The normalized spacial score (nSPS) is 14.0. The molecular weight excluding hydrogens is 310 g/mol. The average Bonchev–Trinajstić information content (AvgIpc) is 2.89. The first-order valence-electron chi connectivity index (χ1n) is 7.09. The Kier molecular flexibility index (Phi) is 3.83. The van der Waals surface area contributed by atoms with Gasteiger partial charge in [0.2, 0.25) is 5.91 Å². The zero-order chi connectivity index (χ0) is 16.6. The van der Waals surface area contributed by atoms with E-state index in [1.54, 1.807) is 12.1 Å². The van der Waals surface area contributed by atoms with Crippen LogP contribution in [0.2, 0.25) is 0 Å². The van der Waals surface area contributed by atoms with Crippen molar-refractivity contribution in [1.29, 1.82) is 0 Å². The third-order valence-corrected chi connectivity index (χ3v) is 3.83. The number of fused-ring (bicyclic) bond motifs is 1. The monoisotopic (exact) mass is 323 g/mol. The minimum atomic E-state index is -4.64. The first kappa shape index (κ1) is 15.5. The molecule has 0 radical (unpaired) electrons. The van der Waals surface area contributed by atoms with Crippen molar-refractivity contribution in [3.8, 4) is 0 Å². The molecule has 2 aromatic rings. The molecule has 6 heteroatoms. The number of carbonyl (C=O) groups excluding carboxylic acids is 1. The Hall–Kier alpha value is -2.37. The lowest BCUT2D eigenvalue weighted by atomic mass is 10.1. The van der Waals surface area contributed by atoms with Crippen LogP contribution in [0.1, 0.15) is 16.7 Å². The summed E-state index contributed by atoms with van der Waals surface area (Å²) >= 11 is 0. The molecule has 1 aliphatic rings.